The van der Waals surface area contributed by atoms with Crippen LogP contribution >= 0.6 is 50.2 Å². The van der Waals surface area contributed by atoms with E-state index in [1.165, 1.54) is 197 Å². The summed E-state index contributed by atoms with van der Waals surface area (Å²) in [5, 5.41) is 8.20. The first-order chi connectivity index (χ1) is 51.0. The zero-order valence-corrected chi connectivity index (χ0v) is 76.0. The second kappa shape index (κ2) is 28.6. The fourth-order valence-corrected chi connectivity index (χ4v) is 22.7. The van der Waals surface area contributed by atoms with Crippen molar-refractivity contribution >= 4 is 116 Å². The van der Waals surface area contributed by atoms with E-state index in [1.54, 1.807) is 11.1 Å². The molecule has 2 aromatic heterocycles. The Hall–Kier alpha value is -6.35. The van der Waals surface area contributed by atoms with Gasteiger partial charge in [-0.05, 0) is 302 Å². The summed E-state index contributed by atoms with van der Waals surface area (Å²) in [6.45, 7) is 61.3. The second-order valence-corrected chi connectivity index (χ2v) is 44.9. The molecular formula is C102H130BrClN4S2. The van der Waals surface area contributed by atoms with Gasteiger partial charge in [0.1, 0.15) is 0 Å². The highest BCUT2D eigenvalue weighted by Gasteiger charge is 2.59. The Morgan fingerprint density at radius 2 is 0.755 bits per heavy atom. The predicted molar refractivity (Wildman–Crippen MR) is 489 cm³/mol. The SMILES string of the molecule is CC(C)(C)c1ccc(N)cc1.CC1(C)CCC(C)(C)c2cc3c(Br)csc3cc21.Cc1cc(Cl)cc(N2c3ccc(C(C)(C)C)cc3C3(C)CCCCC23C)c1.Cc1cc(N(c2ccc(C(C)(C)C)cc2)c2csc3cc4c(cc23)C(C)(C)CCC4(C)C)cc(N2c3ccc(C(C)(C)C)cc3C3(C)CCCCC23C)c1. The number of benzene rings is 8. The van der Waals surface area contributed by atoms with Gasteiger partial charge in [0.05, 0.1) is 16.8 Å². The molecule has 4 heterocycles. The molecule has 2 saturated carbocycles. The van der Waals surface area contributed by atoms with Crippen molar-refractivity contribution in [3.8, 4) is 0 Å². The van der Waals surface area contributed by atoms with Gasteiger partial charge in [0, 0.05) is 91.1 Å². The van der Waals surface area contributed by atoms with Gasteiger partial charge in [0.2, 0.25) is 0 Å². The molecule has 8 heteroatoms. The van der Waals surface area contributed by atoms with Crippen molar-refractivity contribution in [3.63, 3.8) is 0 Å². The van der Waals surface area contributed by atoms with Crippen molar-refractivity contribution in [2.75, 3.05) is 20.4 Å². The van der Waals surface area contributed by atoms with Gasteiger partial charge in [0.15, 0.2) is 0 Å². The average molecular weight is 1590 g/mol. The smallest absolute Gasteiger partial charge is 0.0647 e. The molecule has 10 aromatic rings. The number of nitrogen functional groups attached to an aromatic ring is 1. The summed E-state index contributed by atoms with van der Waals surface area (Å²) in [6, 6.07) is 55.9. The van der Waals surface area contributed by atoms with Crippen LogP contribution in [0, 0.1) is 13.8 Å². The molecule has 2 fully saturated rings. The van der Waals surface area contributed by atoms with E-state index >= 15 is 0 Å². The first-order valence-corrected chi connectivity index (χ1v) is 44.3. The van der Waals surface area contributed by atoms with Crippen LogP contribution in [-0.4, -0.2) is 11.1 Å². The number of aryl methyl sites for hydroxylation is 2. The van der Waals surface area contributed by atoms with Gasteiger partial charge < -0.3 is 20.4 Å². The number of rotatable bonds is 5. The zero-order chi connectivity index (χ0) is 80.0. The van der Waals surface area contributed by atoms with Gasteiger partial charge in [-0.15, -0.1) is 22.7 Å². The Morgan fingerprint density at radius 3 is 1.19 bits per heavy atom. The van der Waals surface area contributed by atoms with E-state index in [0.717, 1.165) is 10.7 Å². The predicted octanol–water partition coefficient (Wildman–Crippen LogP) is 31.6. The largest absolute Gasteiger partial charge is 0.399 e. The molecule has 2 N–H and O–H groups in total. The number of nitrogens with two attached hydrogens (primary N) is 1. The standard InChI is InChI=1S/C51H64N2S.C25H32ClN.C16H19BrS.C10H15N/c1-33-26-37(29-38(27-33)53-43-21-18-35(47(5,6)7)28-42(43)50(12)22-14-15-23-51(50,53)13)52(36-19-16-34(17-20-36)46(2,3)4)44-32-54-45-31-41-40(30-39(44)45)48(8,9)24-25-49(41,10)11;1-17-13-19(26)16-20(14-17)27-22-10-9-18(23(2,3)4)15-21(22)24(5)11-7-8-12-25(24,27)6;1-15(2)5-6-16(3,4)12-8-14-10(7-11(12)15)13(17)9-18-14;1-10(2,3)8-4-6-9(11)7-5-8/h16-21,26-32H,14-15,22-25H2,1-13H3;9-10,13-16H,7-8,11-12H2,1-6H3;7-9H,5-6H2,1-4H3;4-7H,11H2,1-3H3. The summed E-state index contributed by atoms with van der Waals surface area (Å²) >= 11 is 13.9. The molecule has 4 aliphatic carbocycles. The lowest BCUT2D eigenvalue weighted by molar-refractivity contribution is 0.194. The molecule has 8 aromatic carbocycles. The first-order valence-electron chi connectivity index (χ1n) is 41.4. The molecule has 0 radical (unpaired) electrons. The van der Waals surface area contributed by atoms with E-state index in [0.29, 0.717) is 10.8 Å². The fourth-order valence-electron chi connectivity index (χ4n) is 19.9. The molecule has 4 atom stereocenters. The number of nitrogens with zero attached hydrogens (tertiary/aromatic N) is 3. The third-order valence-electron chi connectivity index (χ3n) is 27.8. The molecule has 0 amide bonds. The van der Waals surface area contributed by atoms with Crippen LogP contribution in [0.2, 0.25) is 5.02 Å². The topological polar surface area (TPSA) is 35.7 Å². The first kappa shape index (κ1) is 81.7. The van der Waals surface area contributed by atoms with Crippen molar-refractivity contribution in [1.29, 1.82) is 0 Å². The Morgan fingerprint density at radius 1 is 0.382 bits per heavy atom. The molecule has 0 saturated heterocycles. The summed E-state index contributed by atoms with van der Waals surface area (Å²) in [7, 11) is 0. The van der Waals surface area contributed by atoms with Gasteiger partial charge in [-0.1, -0.05) is 238 Å². The fraction of sp³-hybridized carbons (Fsp3) is 0.490. The highest BCUT2D eigenvalue weighted by atomic mass is 79.9. The van der Waals surface area contributed by atoms with Crippen molar-refractivity contribution in [3.05, 3.63) is 233 Å². The molecule has 110 heavy (non-hydrogen) atoms. The van der Waals surface area contributed by atoms with Crippen LogP contribution in [0.3, 0.4) is 0 Å². The number of hydrogen-bond donors (Lipinski definition) is 1. The van der Waals surface area contributed by atoms with Gasteiger partial charge >= 0.3 is 0 Å². The lowest BCUT2D eigenvalue weighted by atomic mass is 9.61. The monoisotopic (exact) mass is 1590 g/mol. The molecule has 4 unspecified atom stereocenters. The molecule has 584 valence electrons. The summed E-state index contributed by atoms with van der Waals surface area (Å²) in [6.07, 6.45) is 15.1. The zero-order valence-electron chi connectivity index (χ0n) is 72.0. The van der Waals surface area contributed by atoms with E-state index in [-0.39, 0.29) is 54.4 Å². The van der Waals surface area contributed by atoms with Crippen LogP contribution in [-0.2, 0) is 54.1 Å². The maximum atomic E-state index is 6.47. The highest BCUT2D eigenvalue weighted by Crippen LogP contribution is 2.64. The minimum Gasteiger partial charge on any atom is -0.399 e. The Labute approximate surface area is 685 Å². The summed E-state index contributed by atoms with van der Waals surface area (Å²) in [4.78, 5) is 7.93. The van der Waals surface area contributed by atoms with E-state index in [1.807, 2.05) is 40.9 Å². The van der Waals surface area contributed by atoms with Crippen molar-refractivity contribution < 1.29 is 0 Å². The number of fused-ring (bicyclic) bond motifs is 10. The number of hydrogen-bond acceptors (Lipinski definition) is 6. The minimum atomic E-state index is -0.0130. The van der Waals surface area contributed by atoms with Gasteiger partial charge in [0.25, 0.3) is 0 Å². The minimum absolute atomic E-state index is 0.0130. The van der Waals surface area contributed by atoms with Crippen molar-refractivity contribution in [1.82, 2.24) is 0 Å². The van der Waals surface area contributed by atoms with Gasteiger partial charge in [-0.2, -0.15) is 0 Å². The average Bonchev–Trinajstić information content (AvgIpc) is 1.53. The Balaban J connectivity index is 0.000000155. The molecule has 0 bridgehead atoms. The van der Waals surface area contributed by atoms with Crippen LogP contribution in [0.5, 0.6) is 0 Å². The third kappa shape index (κ3) is 14.8. The third-order valence-corrected chi connectivity index (χ3v) is 30.9. The summed E-state index contributed by atoms with van der Waals surface area (Å²) < 4.78 is 4.03. The quantitative estimate of drug-likeness (QED) is 0.174. The number of halogens is 2. The Bertz CT molecular complexity index is 5090. The maximum absolute atomic E-state index is 6.47. The van der Waals surface area contributed by atoms with E-state index in [4.69, 9.17) is 17.3 Å². The van der Waals surface area contributed by atoms with Crippen molar-refractivity contribution in [2.24, 2.45) is 0 Å². The normalized spacial score (nSPS) is 22.7. The molecule has 2 aliphatic heterocycles. The lowest BCUT2D eigenvalue weighted by Gasteiger charge is -2.50. The van der Waals surface area contributed by atoms with Crippen LogP contribution in [0.4, 0.5) is 45.5 Å². The van der Waals surface area contributed by atoms with Crippen LogP contribution in [0.25, 0.3) is 20.2 Å². The molecule has 4 nitrogen and oxygen atoms in total. The Kier molecular flexibility index (Phi) is 21.2. The van der Waals surface area contributed by atoms with Crippen LogP contribution in [0.1, 0.15) is 310 Å². The van der Waals surface area contributed by atoms with Gasteiger partial charge in [-0.3, -0.25) is 0 Å². The molecular weight excluding hydrogens is 1460 g/mol. The lowest BCUT2D eigenvalue weighted by Crippen LogP contribution is -2.54. The van der Waals surface area contributed by atoms with Crippen LogP contribution < -0.4 is 20.4 Å². The van der Waals surface area contributed by atoms with Gasteiger partial charge in [-0.25, -0.2) is 0 Å². The van der Waals surface area contributed by atoms with Crippen molar-refractivity contribution in [2.45, 2.75) is 322 Å². The summed E-state index contributed by atoms with van der Waals surface area (Å²) in [5.41, 5.74) is 34.6. The highest BCUT2D eigenvalue weighted by molar-refractivity contribution is 9.10. The molecule has 0 spiro atoms. The molecule has 16 rings (SSSR count). The van der Waals surface area contributed by atoms with E-state index in [9.17, 15) is 0 Å². The molecule has 6 aliphatic rings. The second-order valence-electron chi connectivity index (χ2n) is 41.8. The van der Waals surface area contributed by atoms with E-state index in [2.05, 4.69) is 349 Å². The number of thiophene rings is 2. The number of anilines is 8. The maximum Gasteiger partial charge on any atom is 0.0647 e. The van der Waals surface area contributed by atoms with Crippen LogP contribution in [0.15, 0.2) is 161 Å². The van der Waals surface area contributed by atoms with E-state index < -0.39 is 0 Å². The summed E-state index contributed by atoms with van der Waals surface area (Å²) in [5.74, 6) is 0.